The van der Waals surface area contributed by atoms with Crippen LogP contribution in [0.3, 0.4) is 0 Å². The van der Waals surface area contributed by atoms with Crippen LogP contribution in [-0.2, 0) is 4.74 Å². The van der Waals surface area contributed by atoms with Gasteiger partial charge < -0.3 is 19.0 Å². The molecule has 6 heteroatoms. The molecule has 3 heterocycles. The van der Waals surface area contributed by atoms with Crippen molar-refractivity contribution in [3.63, 3.8) is 0 Å². The molecular formula is C24H25N2O4+. The number of nitrogens with one attached hydrogen (secondary N) is 1. The van der Waals surface area contributed by atoms with Crippen molar-refractivity contribution in [2.24, 2.45) is 0 Å². The average molecular weight is 405 g/mol. The van der Waals surface area contributed by atoms with Gasteiger partial charge in [0.1, 0.15) is 18.7 Å². The second-order valence-electron chi connectivity index (χ2n) is 7.95. The first-order chi connectivity index (χ1) is 14.7. The number of morpholine rings is 1. The molecule has 2 aliphatic rings. The number of fused-ring (bicyclic) bond motifs is 2. The maximum Gasteiger partial charge on any atom is 0.290 e. The molecule has 1 atom stereocenters. The Hall–Kier alpha value is -2.96. The van der Waals surface area contributed by atoms with Crippen LogP contribution in [-0.4, -0.2) is 50.2 Å². The quantitative estimate of drug-likeness (QED) is 0.701. The van der Waals surface area contributed by atoms with E-state index in [0.717, 1.165) is 44.8 Å². The fourth-order valence-corrected chi connectivity index (χ4v) is 4.59. The lowest BCUT2D eigenvalue weighted by Gasteiger charge is -2.27. The van der Waals surface area contributed by atoms with Crippen molar-refractivity contribution in [1.29, 1.82) is 0 Å². The Morgan fingerprint density at radius 1 is 0.967 bits per heavy atom. The van der Waals surface area contributed by atoms with Gasteiger partial charge in [-0.25, -0.2) is 0 Å². The Balaban J connectivity index is 1.51. The lowest BCUT2D eigenvalue weighted by atomic mass is 9.98. The Morgan fingerprint density at radius 3 is 2.50 bits per heavy atom. The smallest absolute Gasteiger partial charge is 0.290 e. The molecule has 0 unspecified atom stereocenters. The van der Waals surface area contributed by atoms with Gasteiger partial charge in [-0.1, -0.05) is 42.5 Å². The Kier molecular flexibility index (Phi) is 5.11. The van der Waals surface area contributed by atoms with E-state index >= 15 is 0 Å². The van der Waals surface area contributed by atoms with E-state index in [4.69, 9.17) is 9.15 Å². The second-order valence-corrected chi connectivity index (χ2v) is 7.95. The van der Waals surface area contributed by atoms with E-state index in [0.29, 0.717) is 23.1 Å². The van der Waals surface area contributed by atoms with Gasteiger partial charge in [-0.3, -0.25) is 9.59 Å². The molecular weight excluding hydrogens is 380 g/mol. The predicted molar refractivity (Wildman–Crippen MR) is 113 cm³/mol. The van der Waals surface area contributed by atoms with E-state index in [1.165, 1.54) is 4.90 Å². The van der Waals surface area contributed by atoms with Crippen LogP contribution in [0.1, 0.15) is 34.1 Å². The fraction of sp³-hybridized carbons (Fsp3) is 0.333. The van der Waals surface area contributed by atoms with E-state index in [1.54, 1.807) is 12.1 Å². The number of benzene rings is 2. The van der Waals surface area contributed by atoms with Gasteiger partial charge in [-0.05, 0) is 17.7 Å². The van der Waals surface area contributed by atoms with Crippen molar-refractivity contribution in [3.05, 3.63) is 81.7 Å². The SMILES string of the molecule is O=C1c2oc3ccccc3c(=O)c2[C@@H](c2ccccc2)N1CCC[NH+]1CCOCC1. The summed E-state index contributed by atoms with van der Waals surface area (Å²) < 4.78 is 11.4. The first kappa shape index (κ1) is 19.0. The zero-order valence-electron chi connectivity index (χ0n) is 16.8. The summed E-state index contributed by atoms with van der Waals surface area (Å²) in [7, 11) is 0. The van der Waals surface area contributed by atoms with Crippen molar-refractivity contribution < 1.29 is 18.8 Å². The Morgan fingerprint density at radius 2 is 1.70 bits per heavy atom. The Bertz CT molecular complexity index is 1120. The zero-order chi connectivity index (χ0) is 20.5. The van der Waals surface area contributed by atoms with Gasteiger partial charge >= 0.3 is 0 Å². The second kappa shape index (κ2) is 8.05. The van der Waals surface area contributed by atoms with E-state index in [-0.39, 0.29) is 17.1 Å². The van der Waals surface area contributed by atoms with Crippen molar-refractivity contribution in [3.8, 4) is 0 Å². The summed E-state index contributed by atoms with van der Waals surface area (Å²) in [6.45, 7) is 5.16. The summed E-state index contributed by atoms with van der Waals surface area (Å²) in [5.41, 5.74) is 1.74. The van der Waals surface area contributed by atoms with Gasteiger partial charge in [0.15, 0.2) is 5.43 Å². The summed E-state index contributed by atoms with van der Waals surface area (Å²) in [5.74, 6) is -0.00930. The molecule has 1 fully saturated rings. The first-order valence-electron chi connectivity index (χ1n) is 10.6. The molecule has 3 aromatic rings. The molecule has 6 nitrogen and oxygen atoms in total. The molecule has 0 aliphatic carbocycles. The predicted octanol–water partition coefficient (Wildman–Crippen LogP) is 1.64. The maximum atomic E-state index is 13.4. The number of para-hydroxylation sites is 1. The normalized spacial score (nSPS) is 19.4. The molecule has 1 aromatic heterocycles. The van der Waals surface area contributed by atoms with Crippen molar-refractivity contribution in [1.82, 2.24) is 4.90 Å². The highest BCUT2D eigenvalue weighted by Crippen LogP contribution is 2.37. The van der Waals surface area contributed by atoms with Crippen LogP contribution in [0.2, 0.25) is 0 Å². The number of carbonyl (C=O) groups is 1. The van der Waals surface area contributed by atoms with Gasteiger partial charge in [0, 0.05) is 13.0 Å². The van der Waals surface area contributed by atoms with E-state index in [1.807, 2.05) is 47.4 Å². The van der Waals surface area contributed by atoms with Crippen LogP contribution in [0.4, 0.5) is 0 Å². The number of amides is 1. The standard InChI is InChI=1S/C24H24N2O4/c27-22-18-9-4-5-10-19(18)30-23-20(22)21(17-7-2-1-3-8-17)26(24(23)28)12-6-11-25-13-15-29-16-14-25/h1-5,7-10,21H,6,11-16H2/p+1/t21-/m1/s1. The van der Waals surface area contributed by atoms with Crippen molar-refractivity contribution in [2.75, 3.05) is 39.4 Å². The monoisotopic (exact) mass is 405 g/mol. The maximum absolute atomic E-state index is 13.4. The zero-order valence-corrected chi connectivity index (χ0v) is 16.8. The highest BCUT2D eigenvalue weighted by atomic mass is 16.5. The molecule has 30 heavy (non-hydrogen) atoms. The fourth-order valence-electron chi connectivity index (χ4n) is 4.59. The van der Waals surface area contributed by atoms with Crippen LogP contribution < -0.4 is 10.3 Å². The largest absolute Gasteiger partial charge is 0.450 e. The third-order valence-corrected chi connectivity index (χ3v) is 6.12. The molecule has 0 saturated carbocycles. The van der Waals surface area contributed by atoms with E-state index < -0.39 is 6.04 Å². The lowest BCUT2D eigenvalue weighted by Crippen LogP contribution is -3.14. The molecule has 0 spiro atoms. The molecule has 0 radical (unpaired) electrons. The summed E-state index contributed by atoms with van der Waals surface area (Å²) in [4.78, 5) is 30.0. The average Bonchev–Trinajstić information content (AvgIpc) is 3.07. The lowest BCUT2D eigenvalue weighted by molar-refractivity contribution is -0.908. The molecule has 1 amide bonds. The van der Waals surface area contributed by atoms with Crippen LogP contribution in [0, 0.1) is 0 Å². The number of rotatable bonds is 5. The minimum atomic E-state index is -0.408. The summed E-state index contributed by atoms with van der Waals surface area (Å²) >= 11 is 0. The van der Waals surface area contributed by atoms with Crippen LogP contribution in [0.25, 0.3) is 11.0 Å². The minimum Gasteiger partial charge on any atom is -0.450 e. The summed E-state index contributed by atoms with van der Waals surface area (Å²) in [6, 6.07) is 16.5. The van der Waals surface area contributed by atoms with Crippen LogP contribution in [0.15, 0.2) is 63.8 Å². The molecule has 0 bridgehead atoms. The van der Waals surface area contributed by atoms with E-state index in [9.17, 15) is 9.59 Å². The first-order valence-corrected chi connectivity index (χ1v) is 10.6. The molecule has 2 aromatic carbocycles. The third kappa shape index (κ3) is 3.32. The van der Waals surface area contributed by atoms with Gasteiger partial charge in [0.2, 0.25) is 5.76 Å². The highest BCUT2D eigenvalue weighted by Gasteiger charge is 2.42. The topological polar surface area (TPSA) is 64.2 Å². The molecule has 154 valence electrons. The number of hydrogen-bond acceptors (Lipinski definition) is 4. The molecule has 5 rings (SSSR count). The third-order valence-electron chi connectivity index (χ3n) is 6.12. The molecule has 2 aliphatic heterocycles. The number of ether oxygens (including phenoxy) is 1. The van der Waals surface area contributed by atoms with E-state index in [2.05, 4.69) is 0 Å². The number of carbonyl (C=O) groups excluding carboxylic acids is 1. The molecule has 1 saturated heterocycles. The van der Waals surface area contributed by atoms with Gasteiger partial charge in [-0.2, -0.15) is 0 Å². The summed E-state index contributed by atoms with van der Waals surface area (Å²) in [6.07, 6.45) is 0.867. The number of nitrogens with zero attached hydrogens (tertiary/aromatic N) is 1. The van der Waals surface area contributed by atoms with Gasteiger partial charge in [0.05, 0.1) is 36.8 Å². The molecule has 1 N–H and O–H groups in total. The Labute approximate surface area is 174 Å². The highest BCUT2D eigenvalue weighted by molar-refractivity contribution is 5.99. The number of quaternary nitrogens is 1. The van der Waals surface area contributed by atoms with Gasteiger partial charge in [-0.15, -0.1) is 0 Å². The number of hydrogen-bond donors (Lipinski definition) is 1. The summed E-state index contributed by atoms with van der Waals surface area (Å²) in [5, 5.41) is 0.518. The van der Waals surface area contributed by atoms with Crippen LogP contribution >= 0.6 is 0 Å². The van der Waals surface area contributed by atoms with Crippen molar-refractivity contribution >= 4 is 16.9 Å². The van der Waals surface area contributed by atoms with Crippen LogP contribution in [0.5, 0.6) is 0 Å². The van der Waals surface area contributed by atoms with Gasteiger partial charge in [0.25, 0.3) is 5.91 Å². The van der Waals surface area contributed by atoms with Crippen molar-refractivity contribution in [2.45, 2.75) is 12.5 Å². The minimum absolute atomic E-state index is 0.115.